The monoisotopic (exact) mass is 353 g/mol. The van der Waals surface area contributed by atoms with Crippen molar-refractivity contribution in [3.05, 3.63) is 16.6 Å². The van der Waals surface area contributed by atoms with Crippen LogP contribution in [0.15, 0.2) is 11.6 Å². The summed E-state index contributed by atoms with van der Waals surface area (Å²) in [7, 11) is 0. The highest BCUT2D eigenvalue weighted by atomic mass is 32.1. The maximum atomic E-state index is 12.3. The minimum absolute atomic E-state index is 0.138. The number of carbonyl (C=O) groups is 1. The standard InChI is InChI=1S/C18H31N3O2S/c1-3-5-7-16(4-2)15-23-18(22)21-10-6-9-20(11-12-21)14-17-19-8-13-24-17/h8,13,16H,3-7,9-12,14-15H2,1-2H3. The molecule has 1 aliphatic heterocycles. The lowest BCUT2D eigenvalue weighted by Gasteiger charge is -2.22. The van der Waals surface area contributed by atoms with Gasteiger partial charge in [-0.05, 0) is 18.8 Å². The van der Waals surface area contributed by atoms with Gasteiger partial charge in [-0.1, -0.05) is 33.1 Å². The molecule has 6 heteroatoms. The predicted molar refractivity (Wildman–Crippen MR) is 98.2 cm³/mol. The second kappa shape index (κ2) is 10.7. The van der Waals surface area contributed by atoms with Crippen LogP contribution in [0.2, 0.25) is 0 Å². The number of hydrogen-bond acceptors (Lipinski definition) is 5. The fraction of sp³-hybridized carbons (Fsp3) is 0.778. The van der Waals surface area contributed by atoms with Crippen LogP contribution in [0.3, 0.4) is 0 Å². The third kappa shape index (κ3) is 6.40. The van der Waals surface area contributed by atoms with Crippen molar-refractivity contribution in [1.29, 1.82) is 0 Å². The molecule has 0 aliphatic carbocycles. The van der Waals surface area contributed by atoms with Crippen molar-refractivity contribution < 1.29 is 9.53 Å². The van der Waals surface area contributed by atoms with Gasteiger partial charge in [0, 0.05) is 37.8 Å². The normalized spacial score (nSPS) is 17.5. The third-order valence-electron chi connectivity index (χ3n) is 4.67. The largest absolute Gasteiger partial charge is 0.449 e. The van der Waals surface area contributed by atoms with E-state index in [0.29, 0.717) is 12.5 Å². The van der Waals surface area contributed by atoms with E-state index >= 15 is 0 Å². The van der Waals surface area contributed by atoms with Crippen LogP contribution < -0.4 is 0 Å². The van der Waals surface area contributed by atoms with Gasteiger partial charge in [0.2, 0.25) is 0 Å². The molecule has 0 radical (unpaired) electrons. The zero-order chi connectivity index (χ0) is 17.2. The topological polar surface area (TPSA) is 45.7 Å². The molecule has 5 nitrogen and oxygen atoms in total. The molecule has 0 N–H and O–H groups in total. The van der Waals surface area contributed by atoms with Crippen molar-refractivity contribution in [2.45, 2.75) is 52.5 Å². The number of carbonyl (C=O) groups excluding carboxylic acids is 1. The first-order valence-electron chi connectivity index (χ1n) is 9.25. The third-order valence-corrected chi connectivity index (χ3v) is 5.44. The zero-order valence-corrected chi connectivity index (χ0v) is 15.9. The average Bonchev–Trinajstić information content (AvgIpc) is 2.99. The van der Waals surface area contributed by atoms with E-state index in [-0.39, 0.29) is 6.09 Å². The summed E-state index contributed by atoms with van der Waals surface area (Å²) in [5.41, 5.74) is 0. The summed E-state index contributed by atoms with van der Waals surface area (Å²) in [6.07, 6.45) is 7.35. The number of ether oxygens (including phenoxy) is 1. The van der Waals surface area contributed by atoms with E-state index in [1.165, 1.54) is 12.8 Å². The highest BCUT2D eigenvalue weighted by molar-refractivity contribution is 7.09. The highest BCUT2D eigenvalue weighted by Crippen LogP contribution is 2.15. The van der Waals surface area contributed by atoms with Gasteiger partial charge in [-0.15, -0.1) is 11.3 Å². The fourth-order valence-electron chi connectivity index (χ4n) is 3.01. The van der Waals surface area contributed by atoms with Crippen molar-refractivity contribution in [2.24, 2.45) is 5.92 Å². The lowest BCUT2D eigenvalue weighted by molar-refractivity contribution is 0.0856. The first-order valence-corrected chi connectivity index (χ1v) is 10.1. The molecule has 2 heterocycles. The molecule has 1 amide bonds. The van der Waals surface area contributed by atoms with Gasteiger partial charge in [-0.2, -0.15) is 0 Å². The van der Waals surface area contributed by atoms with E-state index in [0.717, 1.165) is 57.0 Å². The van der Waals surface area contributed by atoms with Crippen molar-refractivity contribution in [2.75, 3.05) is 32.8 Å². The second-order valence-electron chi connectivity index (χ2n) is 6.54. The number of aromatic nitrogens is 1. The molecule has 0 spiro atoms. The van der Waals surface area contributed by atoms with E-state index in [4.69, 9.17) is 4.74 Å². The minimum atomic E-state index is -0.138. The lowest BCUT2D eigenvalue weighted by Crippen LogP contribution is -2.36. The molecule has 1 aliphatic rings. The first-order chi connectivity index (χ1) is 11.7. The fourth-order valence-corrected chi connectivity index (χ4v) is 3.67. The minimum Gasteiger partial charge on any atom is -0.449 e. The smallest absolute Gasteiger partial charge is 0.409 e. The molecule has 24 heavy (non-hydrogen) atoms. The number of nitrogens with zero attached hydrogens (tertiary/aromatic N) is 3. The van der Waals surface area contributed by atoms with Gasteiger partial charge in [0.1, 0.15) is 5.01 Å². The van der Waals surface area contributed by atoms with Crippen LogP contribution in [0, 0.1) is 5.92 Å². The molecule has 1 aromatic heterocycles. The van der Waals surface area contributed by atoms with Crippen LogP contribution in [0.4, 0.5) is 4.79 Å². The van der Waals surface area contributed by atoms with E-state index in [1.54, 1.807) is 11.3 Å². The Kier molecular flexibility index (Phi) is 8.53. The molecule has 1 atom stereocenters. The van der Waals surface area contributed by atoms with Crippen LogP contribution in [0.5, 0.6) is 0 Å². The van der Waals surface area contributed by atoms with E-state index in [9.17, 15) is 4.79 Å². The van der Waals surface area contributed by atoms with Gasteiger partial charge in [0.15, 0.2) is 0 Å². The van der Waals surface area contributed by atoms with Gasteiger partial charge < -0.3 is 9.64 Å². The van der Waals surface area contributed by atoms with Gasteiger partial charge in [0.05, 0.1) is 13.2 Å². The molecule has 0 bridgehead atoms. The van der Waals surface area contributed by atoms with Crippen LogP contribution in [-0.4, -0.2) is 53.7 Å². The summed E-state index contributed by atoms with van der Waals surface area (Å²) < 4.78 is 5.59. The van der Waals surface area contributed by atoms with Gasteiger partial charge in [-0.25, -0.2) is 9.78 Å². The Morgan fingerprint density at radius 2 is 2.21 bits per heavy atom. The van der Waals surface area contributed by atoms with Gasteiger partial charge >= 0.3 is 6.09 Å². The zero-order valence-electron chi connectivity index (χ0n) is 15.1. The first kappa shape index (κ1) is 19.2. The molecule has 2 rings (SSSR count). The van der Waals surface area contributed by atoms with Gasteiger partial charge in [-0.3, -0.25) is 4.90 Å². The van der Waals surface area contributed by atoms with Crippen molar-refractivity contribution in [3.8, 4) is 0 Å². The average molecular weight is 354 g/mol. The Labute approximate surface area is 150 Å². The molecule has 136 valence electrons. The summed E-state index contributed by atoms with van der Waals surface area (Å²) in [6.45, 7) is 9.27. The molecule has 1 fully saturated rings. The number of thiazole rings is 1. The Morgan fingerprint density at radius 3 is 2.92 bits per heavy atom. The summed E-state index contributed by atoms with van der Waals surface area (Å²) in [6, 6.07) is 0. The SMILES string of the molecule is CCCCC(CC)COC(=O)N1CCCN(Cc2nccs2)CC1. The quantitative estimate of drug-likeness (QED) is 0.708. The van der Waals surface area contributed by atoms with Crippen LogP contribution in [-0.2, 0) is 11.3 Å². The number of rotatable bonds is 8. The molecule has 0 aromatic carbocycles. The Balaban J connectivity index is 1.72. The van der Waals surface area contributed by atoms with Crippen molar-refractivity contribution in [1.82, 2.24) is 14.8 Å². The molecule has 1 unspecified atom stereocenters. The van der Waals surface area contributed by atoms with Crippen LogP contribution in [0.25, 0.3) is 0 Å². The second-order valence-corrected chi connectivity index (χ2v) is 7.52. The number of amides is 1. The predicted octanol–water partition coefficient (Wildman–Crippen LogP) is 4.00. The molecule has 1 aromatic rings. The lowest BCUT2D eigenvalue weighted by atomic mass is 10.0. The molecular weight excluding hydrogens is 322 g/mol. The molecular formula is C18H31N3O2S. The number of hydrogen-bond donors (Lipinski definition) is 0. The van der Waals surface area contributed by atoms with Crippen LogP contribution in [0.1, 0.15) is 51.0 Å². The van der Waals surface area contributed by atoms with Crippen molar-refractivity contribution >= 4 is 17.4 Å². The number of unbranched alkanes of at least 4 members (excludes halogenated alkanes) is 1. The summed E-state index contributed by atoms with van der Waals surface area (Å²) >= 11 is 1.69. The van der Waals surface area contributed by atoms with Crippen LogP contribution >= 0.6 is 11.3 Å². The summed E-state index contributed by atoms with van der Waals surface area (Å²) in [5.74, 6) is 0.502. The summed E-state index contributed by atoms with van der Waals surface area (Å²) in [4.78, 5) is 20.9. The van der Waals surface area contributed by atoms with E-state index in [1.807, 2.05) is 16.5 Å². The van der Waals surface area contributed by atoms with Crippen molar-refractivity contribution in [3.63, 3.8) is 0 Å². The molecule has 0 saturated carbocycles. The Hall–Kier alpha value is -1.14. The highest BCUT2D eigenvalue weighted by Gasteiger charge is 2.21. The van der Waals surface area contributed by atoms with E-state index in [2.05, 4.69) is 23.7 Å². The maximum Gasteiger partial charge on any atom is 0.409 e. The van der Waals surface area contributed by atoms with Gasteiger partial charge in [0.25, 0.3) is 0 Å². The molecule has 1 saturated heterocycles. The Morgan fingerprint density at radius 1 is 1.33 bits per heavy atom. The summed E-state index contributed by atoms with van der Waals surface area (Å²) in [5, 5.41) is 3.16. The maximum absolute atomic E-state index is 12.3. The van der Waals surface area contributed by atoms with E-state index < -0.39 is 0 Å². The Bertz CT molecular complexity index is 467.